The summed E-state index contributed by atoms with van der Waals surface area (Å²) in [7, 11) is 0. The van der Waals surface area contributed by atoms with Crippen molar-refractivity contribution < 1.29 is 4.52 Å². The van der Waals surface area contributed by atoms with Gasteiger partial charge in [-0.05, 0) is 67.9 Å². The monoisotopic (exact) mass is 323 g/mol. The molecule has 0 spiro atoms. The molecule has 2 aromatic rings. The third-order valence-corrected chi connectivity index (χ3v) is 6.46. The third-order valence-electron chi connectivity index (χ3n) is 6.46. The van der Waals surface area contributed by atoms with Crippen molar-refractivity contribution in [2.24, 2.45) is 17.3 Å². The molecule has 6 rings (SSSR count). The minimum atomic E-state index is 0.312. The zero-order chi connectivity index (χ0) is 16.2. The molecule has 4 heteroatoms. The average molecular weight is 323 g/mol. The summed E-state index contributed by atoms with van der Waals surface area (Å²) >= 11 is 0. The van der Waals surface area contributed by atoms with Crippen LogP contribution in [0.1, 0.15) is 51.3 Å². The fraction of sp³-hybridized carbons (Fsp3) is 0.600. The summed E-state index contributed by atoms with van der Waals surface area (Å²) in [6.45, 7) is 3.22. The first kappa shape index (κ1) is 14.6. The van der Waals surface area contributed by atoms with E-state index < -0.39 is 0 Å². The first-order valence-electron chi connectivity index (χ1n) is 9.25. The van der Waals surface area contributed by atoms with E-state index in [2.05, 4.69) is 22.4 Å². The Morgan fingerprint density at radius 3 is 2.58 bits per heavy atom. The van der Waals surface area contributed by atoms with Gasteiger partial charge in [-0.3, -0.25) is 0 Å². The molecule has 0 amide bonds. The van der Waals surface area contributed by atoms with E-state index in [0.717, 1.165) is 23.2 Å². The standard InChI is InChI=1S/C20H25N3O/c1-19-8-14-7-15(9-19)11-20(10-14,13-19)21-12-17-22-18(24-23-17)16-5-3-2-4-6-16/h2-6,14-15,21H,7-13H2,1H3. The van der Waals surface area contributed by atoms with Gasteiger partial charge >= 0.3 is 0 Å². The minimum absolute atomic E-state index is 0.312. The lowest BCUT2D eigenvalue weighted by Gasteiger charge is -2.61. The molecule has 4 aliphatic rings. The summed E-state index contributed by atoms with van der Waals surface area (Å²) in [5, 5.41) is 8.03. The van der Waals surface area contributed by atoms with Crippen LogP contribution in [0.5, 0.6) is 0 Å². The number of aromatic nitrogens is 2. The lowest BCUT2D eigenvalue weighted by molar-refractivity contribution is -0.0729. The zero-order valence-corrected chi connectivity index (χ0v) is 14.3. The highest BCUT2D eigenvalue weighted by Gasteiger charge is 2.55. The van der Waals surface area contributed by atoms with Gasteiger partial charge in [-0.25, -0.2) is 0 Å². The molecule has 4 saturated carbocycles. The molecule has 2 atom stereocenters. The predicted octanol–water partition coefficient (Wildman–Crippen LogP) is 4.19. The normalized spacial score (nSPS) is 37.0. The van der Waals surface area contributed by atoms with E-state index in [-0.39, 0.29) is 0 Å². The second-order valence-electron chi connectivity index (χ2n) is 8.79. The summed E-state index contributed by atoms with van der Waals surface area (Å²) in [5.74, 6) is 3.24. The Morgan fingerprint density at radius 2 is 1.88 bits per heavy atom. The van der Waals surface area contributed by atoms with Crippen LogP contribution >= 0.6 is 0 Å². The van der Waals surface area contributed by atoms with Crippen molar-refractivity contribution in [3.63, 3.8) is 0 Å². The summed E-state index contributed by atoms with van der Waals surface area (Å²) in [6, 6.07) is 9.99. The molecule has 0 aliphatic heterocycles. The number of benzene rings is 1. The van der Waals surface area contributed by atoms with Crippen molar-refractivity contribution >= 4 is 0 Å². The highest BCUT2D eigenvalue weighted by molar-refractivity contribution is 5.51. The van der Waals surface area contributed by atoms with Crippen molar-refractivity contribution in [1.29, 1.82) is 0 Å². The van der Waals surface area contributed by atoms with Crippen LogP contribution in [0.2, 0.25) is 0 Å². The van der Waals surface area contributed by atoms with Crippen molar-refractivity contribution in [3.05, 3.63) is 36.2 Å². The van der Waals surface area contributed by atoms with Crippen LogP contribution in [0.15, 0.2) is 34.9 Å². The maximum atomic E-state index is 5.44. The maximum Gasteiger partial charge on any atom is 0.257 e. The second-order valence-corrected chi connectivity index (χ2v) is 8.79. The molecule has 4 aliphatic carbocycles. The molecule has 2 unspecified atom stereocenters. The number of rotatable bonds is 4. The van der Waals surface area contributed by atoms with Crippen LogP contribution in [0, 0.1) is 17.3 Å². The molecular formula is C20H25N3O. The zero-order valence-electron chi connectivity index (χ0n) is 14.3. The molecule has 1 N–H and O–H groups in total. The molecule has 0 saturated heterocycles. The van der Waals surface area contributed by atoms with E-state index in [9.17, 15) is 0 Å². The van der Waals surface area contributed by atoms with E-state index in [1.807, 2.05) is 30.3 Å². The summed E-state index contributed by atoms with van der Waals surface area (Å²) < 4.78 is 5.44. The number of hydrogen-bond acceptors (Lipinski definition) is 4. The summed E-state index contributed by atoms with van der Waals surface area (Å²) in [5.41, 5.74) is 1.86. The molecule has 0 radical (unpaired) electrons. The van der Waals surface area contributed by atoms with Crippen LogP contribution in [-0.4, -0.2) is 15.7 Å². The highest BCUT2D eigenvalue weighted by Crippen LogP contribution is 2.61. The molecular weight excluding hydrogens is 298 g/mol. The largest absolute Gasteiger partial charge is 0.334 e. The van der Waals surface area contributed by atoms with E-state index >= 15 is 0 Å². The van der Waals surface area contributed by atoms with Crippen molar-refractivity contribution in [2.45, 2.75) is 57.5 Å². The minimum Gasteiger partial charge on any atom is -0.334 e. The topological polar surface area (TPSA) is 51.0 Å². The second kappa shape index (κ2) is 5.16. The molecule has 24 heavy (non-hydrogen) atoms. The SMILES string of the molecule is CC12CC3CC(C1)CC(NCc1noc(-c4ccccc4)n1)(C3)C2. The Labute approximate surface area is 143 Å². The smallest absolute Gasteiger partial charge is 0.257 e. The lowest BCUT2D eigenvalue weighted by atomic mass is 9.47. The van der Waals surface area contributed by atoms with Crippen LogP contribution in [0.25, 0.3) is 11.5 Å². The molecule has 4 fully saturated rings. The first-order valence-corrected chi connectivity index (χ1v) is 9.25. The third kappa shape index (κ3) is 2.48. The van der Waals surface area contributed by atoms with Gasteiger partial charge in [0.25, 0.3) is 5.89 Å². The van der Waals surface area contributed by atoms with Gasteiger partial charge in [-0.15, -0.1) is 0 Å². The Hall–Kier alpha value is -1.68. The van der Waals surface area contributed by atoms with Crippen LogP contribution < -0.4 is 5.32 Å². The first-order chi connectivity index (χ1) is 11.6. The van der Waals surface area contributed by atoms with Gasteiger partial charge in [-0.1, -0.05) is 30.3 Å². The van der Waals surface area contributed by atoms with Crippen molar-refractivity contribution in [3.8, 4) is 11.5 Å². The Bertz CT molecular complexity index is 724. The molecule has 4 bridgehead atoms. The van der Waals surface area contributed by atoms with Crippen molar-refractivity contribution in [1.82, 2.24) is 15.5 Å². The van der Waals surface area contributed by atoms with Gasteiger partial charge in [0.15, 0.2) is 5.82 Å². The van der Waals surface area contributed by atoms with Gasteiger partial charge in [-0.2, -0.15) is 4.98 Å². The highest BCUT2D eigenvalue weighted by atomic mass is 16.5. The van der Waals surface area contributed by atoms with Gasteiger partial charge in [0.05, 0.1) is 6.54 Å². The van der Waals surface area contributed by atoms with Crippen LogP contribution in [-0.2, 0) is 6.54 Å². The number of nitrogens with zero attached hydrogens (tertiary/aromatic N) is 2. The fourth-order valence-electron chi connectivity index (χ4n) is 6.22. The molecule has 1 heterocycles. The number of hydrogen-bond donors (Lipinski definition) is 1. The van der Waals surface area contributed by atoms with E-state index in [1.54, 1.807) is 0 Å². The Kier molecular flexibility index (Phi) is 3.15. The average Bonchev–Trinajstić information content (AvgIpc) is 3.01. The lowest BCUT2D eigenvalue weighted by Crippen LogP contribution is -2.61. The van der Waals surface area contributed by atoms with E-state index in [1.165, 1.54) is 38.5 Å². The Balaban J connectivity index is 1.31. The summed E-state index contributed by atoms with van der Waals surface area (Å²) in [4.78, 5) is 4.57. The molecule has 1 aromatic carbocycles. The van der Waals surface area contributed by atoms with Crippen LogP contribution in [0.4, 0.5) is 0 Å². The molecule has 126 valence electrons. The van der Waals surface area contributed by atoms with E-state index in [0.29, 0.717) is 23.4 Å². The van der Waals surface area contributed by atoms with Gasteiger partial charge in [0.2, 0.25) is 0 Å². The van der Waals surface area contributed by atoms with Crippen LogP contribution in [0.3, 0.4) is 0 Å². The summed E-state index contributed by atoms with van der Waals surface area (Å²) in [6.07, 6.45) is 8.32. The van der Waals surface area contributed by atoms with Crippen molar-refractivity contribution in [2.75, 3.05) is 0 Å². The number of nitrogens with one attached hydrogen (secondary N) is 1. The van der Waals surface area contributed by atoms with Gasteiger partial charge in [0, 0.05) is 11.1 Å². The van der Waals surface area contributed by atoms with E-state index in [4.69, 9.17) is 4.52 Å². The molecule has 1 aromatic heterocycles. The maximum absolute atomic E-state index is 5.44. The van der Waals surface area contributed by atoms with Gasteiger partial charge in [0.1, 0.15) is 0 Å². The van der Waals surface area contributed by atoms with Gasteiger partial charge < -0.3 is 9.84 Å². The molecule has 4 nitrogen and oxygen atoms in total. The quantitative estimate of drug-likeness (QED) is 0.917. The Morgan fingerprint density at radius 1 is 1.12 bits per heavy atom. The fourth-order valence-corrected chi connectivity index (χ4v) is 6.22. The predicted molar refractivity (Wildman–Crippen MR) is 92.1 cm³/mol.